The van der Waals surface area contributed by atoms with E-state index in [2.05, 4.69) is 41.3 Å². The second-order valence-electron chi connectivity index (χ2n) is 15.3. The Hall–Kier alpha value is -6.14. The fourth-order valence-corrected chi connectivity index (χ4v) is 9.72. The standard InChI is InChI=1S/C39H53N9O16S3/c1-22-14-26(64-13-5-6-32(49)40-9-10-41-37(53)30(21-66(59,60)61)46-35(51)24(3)20-65(56,57)58)15-23(2)34(22)67(62,63)47-29(38(54)55)18-44-36(52)28-19-48(4)31-16-25(7-8-27(31)33(28)50)17-45-39-42-11-12-43-39/h7-8,11-12,14-16,19,24,29-30,47,59-61H,5-6,9-10,13,17-18,20-21H2,1-4H3,(H,40,49)(H,41,53)(H,44,52)(H,46,51)(H,54,55)(H2,42,43,45)(H,56,57,58)/t24-,29-,30-/m0/s1. The maximum atomic E-state index is 13.5. The minimum atomic E-state index is -4.55. The molecule has 4 aromatic rings. The predicted octanol–water partition coefficient (Wildman–Crippen LogP) is 0.276. The van der Waals surface area contributed by atoms with Crippen LogP contribution in [-0.4, -0.2) is 134 Å². The number of pyridine rings is 1. The Morgan fingerprint density at radius 3 is 2.18 bits per heavy atom. The van der Waals surface area contributed by atoms with Gasteiger partial charge in [-0.05, 0) is 61.2 Å². The smallest absolute Gasteiger partial charge is 0.323 e. The zero-order valence-electron chi connectivity index (χ0n) is 36.6. The minimum absolute atomic E-state index is 0.00442. The Balaban J connectivity index is 1.26. The number of benzene rings is 2. The van der Waals surface area contributed by atoms with Crippen LogP contribution in [0.2, 0.25) is 0 Å². The number of aryl methyl sites for hydroxylation is 3. The van der Waals surface area contributed by atoms with Crippen molar-refractivity contribution < 1.29 is 68.9 Å². The van der Waals surface area contributed by atoms with Crippen LogP contribution in [-0.2, 0) is 52.9 Å². The Labute approximate surface area is 385 Å². The number of nitrogens with zero attached hydrogens (tertiary/aromatic N) is 2. The van der Waals surface area contributed by atoms with Gasteiger partial charge in [0.25, 0.3) is 16.0 Å². The number of aliphatic carboxylic acids is 1. The average molecular weight is 1000 g/mol. The predicted molar refractivity (Wildman–Crippen MR) is 244 cm³/mol. The molecular weight excluding hydrogens is 947 g/mol. The molecule has 12 N–H and O–H groups in total. The highest BCUT2D eigenvalue weighted by Crippen LogP contribution is 2.33. The molecule has 0 aliphatic rings. The molecule has 2 aromatic heterocycles. The number of H-pyrrole nitrogens is 1. The van der Waals surface area contributed by atoms with Gasteiger partial charge in [-0.15, -0.1) is 0 Å². The summed E-state index contributed by atoms with van der Waals surface area (Å²) in [6, 6.07) is 4.30. The van der Waals surface area contributed by atoms with Gasteiger partial charge in [-0.3, -0.25) is 33.3 Å². The van der Waals surface area contributed by atoms with Crippen molar-refractivity contribution in [2.24, 2.45) is 13.0 Å². The summed E-state index contributed by atoms with van der Waals surface area (Å²) in [6.45, 7) is 3.42. The number of hydrogen-bond acceptors (Lipinski definition) is 16. The van der Waals surface area contributed by atoms with Crippen LogP contribution < -0.4 is 41.5 Å². The fourth-order valence-electron chi connectivity index (χ4n) is 6.61. The quantitative estimate of drug-likeness (QED) is 0.0313. The first kappa shape index (κ1) is 53.5. The maximum Gasteiger partial charge on any atom is 0.323 e. The molecule has 0 saturated carbocycles. The second kappa shape index (κ2) is 23.0. The average Bonchev–Trinajstić information content (AvgIpc) is 3.75. The van der Waals surface area contributed by atoms with Gasteiger partial charge in [0.15, 0.2) is 5.95 Å². The molecule has 28 heteroatoms. The number of aromatic nitrogens is 3. The van der Waals surface area contributed by atoms with Gasteiger partial charge in [0, 0.05) is 63.6 Å². The van der Waals surface area contributed by atoms with E-state index in [4.69, 9.17) is 9.29 Å². The molecule has 0 fully saturated rings. The van der Waals surface area contributed by atoms with Crippen LogP contribution in [0.25, 0.3) is 10.9 Å². The number of carboxylic acid groups (broad SMARTS) is 1. The Kier molecular flexibility index (Phi) is 18.4. The van der Waals surface area contributed by atoms with Crippen LogP contribution in [0.5, 0.6) is 5.75 Å². The number of sulfonamides is 1. The molecule has 4 rings (SSSR count). The summed E-state index contributed by atoms with van der Waals surface area (Å²) in [5.74, 6) is -7.55. The van der Waals surface area contributed by atoms with E-state index in [1.165, 1.54) is 32.2 Å². The number of carbonyl (C=O) groups excluding carboxylic acids is 4. The molecule has 0 aliphatic carbocycles. The number of imidazole rings is 1. The van der Waals surface area contributed by atoms with Crippen LogP contribution in [0.4, 0.5) is 5.95 Å². The summed E-state index contributed by atoms with van der Waals surface area (Å²) in [5.41, 5.74) is 0.831. The first-order valence-electron chi connectivity index (χ1n) is 20.2. The third-order valence-corrected chi connectivity index (χ3v) is 13.2. The first-order valence-corrected chi connectivity index (χ1v) is 24.9. The number of aromatic amines is 1. The zero-order chi connectivity index (χ0) is 49.9. The number of amides is 4. The van der Waals surface area contributed by atoms with Crippen LogP contribution in [0.1, 0.15) is 46.8 Å². The van der Waals surface area contributed by atoms with Gasteiger partial charge < -0.3 is 59.6 Å². The van der Waals surface area contributed by atoms with Crippen molar-refractivity contribution >= 4 is 77.5 Å². The van der Waals surface area contributed by atoms with E-state index < -0.39 is 102 Å². The van der Waals surface area contributed by atoms with E-state index in [-0.39, 0.29) is 65.3 Å². The van der Waals surface area contributed by atoms with Gasteiger partial charge >= 0.3 is 5.97 Å². The van der Waals surface area contributed by atoms with E-state index in [1.807, 2.05) is 0 Å². The Morgan fingerprint density at radius 1 is 0.896 bits per heavy atom. The molecule has 0 radical (unpaired) electrons. The highest BCUT2D eigenvalue weighted by molar-refractivity contribution is 8.19. The van der Waals surface area contributed by atoms with Crippen molar-refractivity contribution in [1.29, 1.82) is 0 Å². The number of ether oxygens (including phenoxy) is 1. The van der Waals surface area contributed by atoms with Gasteiger partial charge in [0.1, 0.15) is 23.4 Å². The SMILES string of the molecule is Cc1cc(OCCCC(=O)NCCNC(=O)[C@H](CS(O)(O)O)NC(=O)[C@@H](C)CS(=O)(=O)O)cc(C)c1S(=O)(=O)N[C@@H](CNC(=O)c1cn(C)c2cc(CNc3ncc[nH]3)ccc2c1=O)C(=O)O. The summed E-state index contributed by atoms with van der Waals surface area (Å²) in [5, 5.41) is 22.5. The first-order chi connectivity index (χ1) is 31.2. The van der Waals surface area contributed by atoms with Crippen molar-refractivity contribution in [3.05, 3.63) is 81.4 Å². The number of carbonyl (C=O) groups is 5. The number of fused-ring (bicyclic) bond motifs is 1. The monoisotopic (exact) mass is 999 g/mol. The molecule has 0 aliphatic heterocycles. The molecule has 368 valence electrons. The van der Waals surface area contributed by atoms with Gasteiger partial charge in [-0.25, -0.2) is 13.4 Å². The van der Waals surface area contributed by atoms with E-state index in [1.54, 1.807) is 42.2 Å². The lowest BCUT2D eigenvalue weighted by molar-refractivity contribution is -0.138. The molecule has 25 nitrogen and oxygen atoms in total. The third kappa shape index (κ3) is 16.3. The highest BCUT2D eigenvalue weighted by atomic mass is 32.3. The topological polar surface area (TPSA) is 387 Å². The lowest BCUT2D eigenvalue weighted by atomic mass is 10.1. The number of hydrogen-bond donors (Lipinski definition) is 12. The lowest BCUT2D eigenvalue weighted by Crippen LogP contribution is -2.52. The second-order valence-corrected chi connectivity index (χ2v) is 20.1. The maximum absolute atomic E-state index is 13.5. The number of carboxylic acids is 1. The molecule has 0 unspecified atom stereocenters. The summed E-state index contributed by atoms with van der Waals surface area (Å²) in [7, 11) is -11.7. The lowest BCUT2D eigenvalue weighted by Gasteiger charge is -2.26. The normalized spacial score (nSPS) is 13.5. The summed E-state index contributed by atoms with van der Waals surface area (Å²) in [4.78, 5) is 82.8. The van der Waals surface area contributed by atoms with Gasteiger partial charge in [0.2, 0.25) is 33.2 Å². The molecule has 67 heavy (non-hydrogen) atoms. The van der Waals surface area contributed by atoms with Crippen molar-refractivity contribution in [2.75, 3.05) is 43.1 Å². The van der Waals surface area contributed by atoms with Gasteiger partial charge in [-0.2, -0.15) is 13.1 Å². The van der Waals surface area contributed by atoms with Gasteiger partial charge in [0.05, 0.1) is 45.3 Å². The van der Waals surface area contributed by atoms with E-state index in [9.17, 15) is 64.4 Å². The number of rotatable bonds is 25. The van der Waals surface area contributed by atoms with E-state index in [0.29, 0.717) is 18.0 Å². The van der Waals surface area contributed by atoms with Crippen molar-refractivity contribution in [3.8, 4) is 5.75 Å². The fraction of sp³-hybridized carbons (Fsp3) is 0.410. The summed E-state index contributed by atoms with van der Waals surface area (Å²) < 4.78 is 95.9. The van der Waals surface area contributed by atoms with Gasteiger partial charge in [-0.1, -0.05) is 13.0 Å². The van der Waals surface area contributed by atoms with Crippen molar-refractivity contribution in [1.82, 2.24) is 40.5 Å². The van der Waals surface area contributed by atoms with Crippen LogP contribution in [0, 0.1) is 19.8 Å². The molecule has 0 spiro atoms. The third-order valence-electron chi connectivity index (χ3n) is 9.72. The minimum Gasteiger partial charge on any atom is -0.494 e. The molecule has 3 atom stereocenters. The Morgan fingerprint density at radius 2 is 1.57 bits per heavy atom. The van der Waals surface area contributed by atoms with Crippen LogP contribution in [0.15, 0.2) is 58.6 Å². The van der Waals surface area contributed by atoms with E-state index >= 15 is 0 Å². The van der Waals surface area contributed by atoms with E-state index in [0.717, 1.165) is 12.5 Å². The number of anilines is 1. The number of nitrogens with one attached hydrogen (secondary N) is 7. The van der Waals surface area contributed by atoms with Crippen LogP contribution in [0.3, 0.4) is 0 Å². The Bertz CT molecular complexity index is 2720. The van der Waals surface area contributed by atoms with Crippen LogP contribution >= 0.6 is 10.9 Å². The molecule has 2 aromatic carbocycles. The van der Waals surface area contributed by atoms with Crippen molar-refractivity contribution in [3.63, 3.8) is 0 Å². The summed E-state index contributed by atoms with van der Waals surface area (Å²) in [6.07, 6.45) is 4.69. The highest BCUT2D eigenvalue weighted by Gasteiger charge is 2.31. The van der Waals surface area contributed by atoms with Crippen molar-refractivity contribution in [2.45, 2.75) is 57.1 Å². The molecule has 0 bridgehead atoms. The molecule has 2 heterocycles. The molecule has 4 amide bonds. The molecule has 0 saturated heterocycles. The summed E-state index contributed by atoms with van der Waals surface area (Å²) >= 11 is 0. The zero-order valence-corrected chi connectivity index (χ0v) is 39.0. The molecular formula is C39H53N9O16S3. The largest absolute Gasteiger partial charge is 0.494 e.